The minimum Gasteiger partial charge on any atom is -0.427 e. The fraction of sp³-hybridized carbons (Fsp3) is 1.00. The van der Waals surface area contributed by atoms with Crippen LogP contribution in [0.5, 0.6) is 0 Å². The third-order valence-electron chi connectivity index (χ3n) is 3.03. The van der Waals surface area contributed by atoms with E-state index in [1.807, 2.05) is 0 Å². The van der Waals surface area contributed by atoms with Crippen molar-refractivity contribution in [2.75, 3.05) is 0 Å². The van der Waals surface area contributed by atoms with E-state index in [4.69, 9.17) is 0 Å². The molecule has 0 heterocycles. The molecule has 0 aromatic rings. The molecular weight excluding hydrogens is 187 g/mol. The zero-order valence-electron chi connectivity index (χ0n) is 10.4. The second kappa shape index (κ2) is 10.5. The van der Waals surface area contributed by atoms with Crippen LogP contribution >= 0.6 is 0 Å². The summed E-state index contributed by atoms with van der Waals surface area (Å²) in [5.74, 6) is 0.105. The van der Waals surface area contributed by atoms with Crippen molar-refractivity contribution in [2.45, 2.75) is 77.5 Å². The van der Waals surface area contributed by atoms with E-state index in [9.17, 15) is 10.0 Å². The van der Waals surface area contributed by atoms with E-state index in [0.29, 0.717) is 0 Å². The first kappa shape index (κ1) is 15.0. The molecular formula is C12H27BO2. The molecule has 0 aromatic carbocycles. The van der Waals surface area contributed by atoms with Crippen molar-refractivity contribution in [1.82, 2.24) is 0 Å². The first-order chi connectivity index (χ1) is 7.22. The summed E-state index contributed by atoms with van der Waals surface area (Å²) in [4.78, 5) is 0. The van der Waals surface area contributed by atoms with E-state index in [1.54, 1.807) is 0 Å². The van der Waals surface area contributed by atoms with Gasteiger partial charge in [0.15, 0.2) is 0 Å². The van der Waals surface area contributed by atoms with Crippen molar-refractivity contribution in [3.8, 4) is 0 Å². The maximum atomic E-state index is 9.22. The molecule has 0 rings (SSSR count). The summed E-state index contributed by atoms with van der Waals surface area (Å²) in [5.41, 5.74) is 0. The smallest absolute Gasteiger partial charge is 0.427 e. The van der Waals surface area contributed by atoms with Crippen molar-refractivity contribution in [2.24, 2.45) is 0 Å². The van der Waals surface area contributed by atoms with Crippen LogP contribution in [0.25, 0.3) is 0 Å². The minimum absolute atomic E-state index is 0.105. The topological polar surface area (TPSA) is 40.5 Å². The molecule has 0 aromatic heterocycles. The number of hydrogen-bond acceptors (Lipinski definition) is 2. The van der Waals surface area contributed by atoms with Crippen molar-refractivity contribution in [1.29, 1.82) is 0 Å². The third-order valence-corrected chi connectivity index (χ3v) is 3.03. The minimum atomic E-state index is -1.11. The zero-order valence-corrected chi connectivity index (χ0v) is 10.4. The van der Waals surface area contributed by atoms with Crippen molar-refractivity contribution >= 4 is 7.12 Å². The standard InChI is InChI=1S/C12H27BO2/c1-3-5-7-9-11-12(13(14)15)10-8-6-4-2/h12,14-15H,3-11H2,1-2H3. The molecule has 90 valence electrons. The lowest BCUT2D eigenvalue weighted by Crippen LogP contribution is -2.20. The molecule has 0 spiro atoms. The van der Waals surface area contributed by atoms with Gasteiger partial charge in [0, 0.05) is 0 Å². The Hall–Kier alpha value is -0.0151. The molecule has 0 aliphatic rings. The Labute approximate surface area is 95.2 Å². The SMILES string of the molecule is CCCCCCC(CCCCC)B(O)O. The van der Waals surface area contributed by atoms with Crippen LogP contribution in [-0.2, 0) is 0 Å². The van der Waals surface area contributed by atoms with Gasteiger partial charge in [0.25, 0.3) is 0 Å². The van der Waals surface area contributed by atoms with E-state index in [1.165, 1.54) is 32.1 Å². The zero-order chi connectivity index (χ0) is 11.5. The highest BCUT2D eigenvalue weighted by Gasteiger charge is 2.21. The summed E-state index contributed by atoms with van der Waals surface area (Å²) >= 11 is 0. The first-order valence-corrected chi connectivity index (χ1v) is 6.58. The first-order valence-electron chi connectivity index (χ1n) is 6.58. The van der Waals surface area contributed by atoms with Gasteiger partial charge in [-0.25, -0.2) is 0 Å². The monoisotopic (exact) mass is 214 g/mol. The fourth-order valence-corrected chi connectivity index (χ4v) is 1.93. The summed E-state index contributed by atoms with van der Waals surface area (Å²) in [7, 11) is -1.11. The summed E-state index contributed by atoms with van der Waals surface area (Å²) in [6, 6.07) is 0. The lowest BCUT2D eigenvalue weighted by Gasteiger charge is -2.15. The Balaban J connectivity index is 3.54. The molecule has 0 bridgehead atoms. The molecule has 1 atom stereocenters. The van der Waals surface area contributed by atoms with Gasteiger partial charge in [0.05, 0.1) is 0 Å². The van der Waals surface area contributed by atoms with Gasteiger partial charge in [0.1, 0.15) is 0 Å². The van der Waals surface area contributed by atoms with Crippen LogP contribution < -0.4 is 0 Å². The summed E-state index contributed by atoms with van der Waals surface area (Å²) in [6.45, 7) is 4.37. The fourth-order valence-electron chi connectivity index (χ4n) is 1.93. The lowest BCUT2D eigenvalue weighted by molar-refractivity contribution is 0.365. The number of unbranched alkanes of at least 4 members (excludes halogenated alkanes) is 5. The molecule has 0 fully saturated rings. The molecule has 0 aliphatic heterocycles. The number of hydrogen-bond donors (Lipinski definition) is 2. The summed E-state index contributed by atoms with van der Waals surface area (Å²) in [6.07, 6.45) is 10.4. The van der Waals surface area contributed by atoms with E-state index in [-0.39, 0.29) is 5.82 Å². The highest BCUT2D eigenvalue weighted by Crippen LogP contribution is 2.24. The van der Waals surface area contributed by atoms with Crippen LogP contribution in [0.2, 0.25) is 5.82 Å². The Morgan fingerprint density at radius 2 is 1.27 bits per heavy atom. The average Bonchev–Trinajstić information content (AvgIpc) is 2.21. The Morgan fingerprint density at radius 1 is 0.800 bits per heavy atom. The van der Waals surface area contributed by atoms with Crippen LogP contribution in [0, 0.1) is 0 Å². The maximum Gasteiger partial charge on any atom is 0.454 e. The molecule has 0 aliphatic carbocycles. The van der Waals surface area contributed by atoms with Crippen LogP contribution in [0.3, 0.4) is 0 Å². The Morgan fingerprint density at radius 3 is 1.73 bits per heavy atom. The Kier molecular flexibility index (Phi) is 10.5. The average molecular weight is 214 g/mol. The molecule has 0 saturated heterocycles. The van der Waals surface area contributed by atoms with Gasteiger partial charge in [-0.05, 0) is 5.82 Å². The number of rotatable bonds is 10. The molecule has 3 heteroatoms. The quantitative estimate of drug-likeness (QED) is 0.432. The highest BCUT2D eigenvalue weighted by molar-refractivity contribution is 6.43. The Bertz CT molecular complexity index is 129. The van der Waals surface area contributed by atoms with Gasteiger partial charge < -0.3 is 10.0 Å². The van der Waals surface area contributed by atoms with Gasteiger partial charge in [-0.3, -0.25) is 0 Å². The predicted octanol–water partition coefficient (Wildman–Crippen LogP) is 3.38. The summed E-state index contributed by atoms with van der Waals surface area (Å²) < 4.78 is 0. The molecule has 0 radical (unpaired) electrons. The van der Waals surface area contributed by atoms with Crippen LogP contribution in [-0.4, -0.2) is 17.2 Å². The highest BCUT2D eigenvalue weighted by atomic mass is 16.4. The van der Waals surface area contributed by atoms with E-state index < -0.39 is 7.12 Å². The maximum absolute atomic E-state index is 9.22. The van der Waals surface area contributed by atoms with Gasteiger partial charge in [-0.2, -0.15) is 0 Å². The lowest BCUT2D eigenvalue weighted by atomic mass is 9.67. The summed E-state index contributed by atoms with van der Waals surface area (Å²) in [5, 5.41) is 18.4. The van der Waals surface area contributed by atoms with Crippen molar-refractivity contribution in [3.05, 3.63) is 0 Å². The normalized spacial score (nSPS) is 12.8. The van der Waals surface area contributed by atoms with Gasteiger partial charge in [-0.15, -0.1) is 0 Å². The van der Waals surface area contributed by atoms with Crippen molar-refractivity contribution in [3.63, 3.8) is 0 Å². The molecule has 2 nitrogen and oxygen atoms in total. The van der Waals surface area contributed by atoms with E-state index >= 15 is 0 Å². The second-order valence-corrected chi connectivity index (χ2v) is 4.52. The molecule has 1 unspecified atom stereocenters. The van der Waals surface area contributed by atoms with Crippen LogP contribution in [0.1, 0.15) is 71.6 Å². The second-order valence-electron chi connectivity index (χ2n) is 4.52. The van der Waals surface area contributed by atoms with Crippen molar-refractivity contribution < 1.29 is 10.0 Å². The molecule has 2 N–H and O–H groups in total. The van der Waals surface area contributed by atoms with Gasteiger partial charge in [0.2, 0.25) is 0 Å². The van der Waals surface area contributed by atoms with Crippen LogP contribution in [0.15, 0.2) is 0 Å². The molecule has 0 saturated carbocycles. The van der Waals surface area contributed by atoms with E-state index in [2.05, 4.69) is 13.8 Å². The van der Waals surface area contributed by atoms with E-state index in [0.717, 1.165) is 25.7 Å². The largest absolute Gasteiger partial charge is 0.454 e. The predicted molar refractivity (Wildman–Crippen MR) is 66.8 cm³/mol. The molecule has 0 amide bonds. The third kappa shape index (κ3) is 8.95. The van der Waals surface area contributed by atoms with Gasteiger partial charge in [-0.1, -0.05) is 71.6 Å². The van der Waals surface area contributed by atoms with Gasteiger partial charge >= 0.3 is 7.12 Å². The van der Waals surface area contributed by atoms with Crippen LogP contribution in [0.4, 0.5) is 0 Å². The molecule has 15 heavy (non-hydrogen) atoms.